The summed E-state index contributed by atoms with van der Waals surface area (Å²) in [6, 6.07) is 8.13. The number of carbonyl (C=O) groups is 2. The third-order valence-electron chi connectivity index (χ3n) is 8.23. The normalized spacial score (nSPS) is 23.1. The summed E-state index contributed by atoms with van der Waals surface area (Å²) in [5.74, 6) is 5.59. The molecule has 2 amide bonds. The van der Waals surface area contributed by atoms with Crippen molar-refractivity contribution in [2.24, 2.45) is 17.6 Å². The van der Waals surface area contributed by atoms with Gasteiger partial charge in [-0.2, -0.15) is 0 Å². The van der Waals surface area contributed by atoms with Gasteiger partial charge in [0.1, 0.15) is 23.2 Å². The van der Waals surface area contributed by atoms with Crippen LogP contribution in [0.2, 0.25) is 5.15 Å². The number of benzene rings is 1. The fourth-order valence-corrected chi connectivity index (χ4v) is 6.25. The summed E-state index contributed by atoms with van der Waals surface area (Å²) in [6.07, 6.45) is 7.60. The standard InChI is InChI=1S/C30H34ClN5O4/c31-28-23-11-13-36(30(23)34-18-33-28)24-16-22(26(38)27(24)39)17-35(25(37)15-20-6-2-1-3-7-20)12-5-9-19-8-4-10-21(14-19)29(32)40/h4,8,10-11,13-14,18,20,22,24,26-27,38-39H,1-3,6-7,12,15-17H2,(H2,32,40)/t22-,24-,26-,27+/m1/s1. The summed E-state index contributed by atoms with van der Waals surface area (Å²) in [5.41, 5.74) is 6.98. The number of hydrogen-bond acceptors (Lipinski definition) is 6. The lowest BCUT2D eigenvalue weighted by atomic mass is 9.86. The number of nitrogens with two attached hydrogens (primary N) is 1. The van der Waals surface area contributed by atoms with E-state index in [0.717, 1.165) is 25.7 Å². The fourth-order valence-electron chi connectivity index (χ4n) is 6.06. The van der Waals surface area contributed by atoms with Gasteiger partial charge < -0.3 is 25.4 Å². The fraction of sp³-hybridized carbons (Fsp3) is 0.467. The molecule has 5 rings (SSSR count). The van der Waals surface area contributed by atoms with Crippen molar-refractivity contribution in [3.63, 3.8) is 0 Å². The van der Waals surface area contributed by atoms with Crippen LogP contribution in [0.25, 0.3) is 11.0 Å². The van der Waals surface area contributed by atoms with Crippen molar-refractivity contribution in [3.05, 3.63) is 59.1 Å². The molecule has 9 nitrogen and oxygen atoms in total. The van der Waals surface area contributed by atoms with Crippen molar-refractivity contribution in [1.82, 2.24) is 19.4 Å². The number of halogens is 1. The van der Waals surface area contributed by atoms with Gasteiger partial charge in [0.2, 0.25) is 11.8 Å². The van der Waals surface area contributed by atoms with E-state index in [9.17, 15) is 19.8 Å². The zero-order chi connectivity index (χ0) is 28.2. The van der Waals surface area contributed by atoms with Crippen LogP contribution in [0, 0.1) is 23.7 Å². The number of rotatable bonds is 7. The average Bonchev–Trinajstić information content (AvgIpc) is 3.50. The van der Waals surface area contributed by atoms with Crippen LogP contribution in [-0.2, 0) is 4.79 Å². The molecule has 0 radical (unpaired) electrons. The second-order valence-electron chi connectivity index (χ2n) is 10.9. The predicted octanol–water partition coefficient (Wildman–Crippen LogP) is 3.32. The molecule has 0 aliphatic heterocycles. The van der Waals surface area contributed by atoms with Gasteiger partial charge >= 0.3 is 0 Å². The molecule has 0 spiro atoms. The number of primary amides is 1. The van der Waals surface area contributed by atoms with Crippen LogP contribution < -0.4 is 5.73 Å². The van der Waals surface area contributed by atoms with E-state index in [0.29, 0.717) is 46.1 Å². The molecule has 2 aliphatic rings. The zero-order valence-electron chi connectivity index (χ0n) is 22.2. The van der Waals surface area contributed by atoms with Gasteiger partial charge in [0.25, 0.3) is 0 Å². The number of nitrogens with zero attached hydrogens (tertiary/aromatic N) is 4. The van der Waals surface area contributed by atoms with E-state index in [4.69, 9.17) is 17.3 Å². The number of fused-ring (bicyclic) bond motifs is 1. The first-order valence-electron chi connectivity index (χ1n) is 13.8. The molecule has 2 heterocycles. The van der Waals surface area contributed by atoms with Crippen molar-refractivity contribution >= 4 is 34.4 Å². The minimum absolute atomic E-state index is 0.00293. The maximum atomic E-state index is 13.5. The third-order valence-corrected chi connectivity index (χ3v) is 8.54. The minimum atomic E-state index is -1.03. The molecule has 3 aromatic rings. The Bertz CT molecular complexity index is 1440. The van der Waals surface area contributed by atoms with E-state index >= 15 is 0 Å². The smallest absolute Gasteiger partial charge is 0.248 e. The van der Waals surface area contributed by atoms with Gasteiger partial charge in [-0.15, -0.1) is 0 Å². The predicted molar refractivity (Wildman–Crippen MR) is 151 cm³/mol. The Hall–Kier alpha value is -3.45. The Labute approximate surface area is 238 Å². The second-order valence-corrected chi connectivity index (χ2v) is 11.3. The zero-order valence-corrected chi connectivity index (χ0v) is 23.0. The summed E-state index contributed by atoms with van der Waals surface area (Å²) >= 11 is 6.22. The summed E-state index contributed by atoms with van der Waals surface area (Å²) in [7, 11) is 0. The molecule has 2 aliphatic carbocycles. The Morgan fingerprint density at radius 2 is 1.93 bits per heavy atom. The van der Waals surface area contributed by atoms with Gasteiger partial charge in [-0.05, 0) is 49.4 Å². The molecule has 0 bridgehead atoms. The first kappa shape index (κ1) is 28.1. The molecule has 0 unspecified atom stereocenters. The van der Waals surface area contributed by atoms with E-state index in [1.807, 2.05) is 4.57 Å². The Morgan fingerprint density at radius 1 is 1.12 bits per heavy atom. The second kappa shape index (κ2) is 12.4. The number of aliphatic hydroxyl groups excluding tert-OH is 2. The summed E-state index contributed by atoms with van der Waals surface area (Å²) in [5, 5.41) is 23.1. The van der Waals surface area contributed by atoms with Crippen LogP contribution in [0.5, 0.6) is 0 Å². The quantitative estimate of drug-likeness (QED) is 0.298. The SMILES string of the molecule is NC(=O)c1cccc(C#CCN(C[C@H]2C[C@@H](n3ccc4c(Cl)ncnc43)[C@H](O)[C@@H]2O)C(=O)CC2CCCCC2)c1. The van der Waals surface area contributed by atoms with Crippen molar-refractivity contribution in [2.75, 3.05) is 13.1 Å². The highest BCUT2D eigenvalue weighted by molar-refractivity contribution is 6.33. The van der Waals surface area contributed by atoms with Crippen molar-refractivity contribution < 1.29 is 19.8 Å². The van der Waals surface area contributed by atoms with Crippen LogP contribution in [0.1, 0.15) is 66.9 Å². The highest BCUT2D eigenvalue weighted by atomic mass is 35.5. The molecule has 10 heteroatoms. The first-order valence-corrected chi connectivity index (χ1v) is 14.2. The summed E-state index contributed by atoms with van der Waals surface area (Å²) in [6.45, 7) is 0.441. The molecule has 2 aromatic heterocycles. The highest BCUT2D eigenvalue weighted by Gasteiger charge is 2.44. The van der Waals surface area contributed by atoms with Crippen LogP contribution in [0.4, 0.5) is 0 Å². The lowest BCUT2D eigenvalue weighted by Gasteiger charge is -2.28. The van der Waals surface area contributed by atoms with Gasteiger partial charge in [0.05, 0.1) is 24.1 Å². The van der Waals surface area contributed by atoms with Crippen molar-refractivity contribution in [2.45, 2.75) is 63.2 Å². The first-order chi connectivity index (χ1) is 19.3. The van der Waals surface area contributed by atoms with Crippen molar-refractivity contribution in [3.8, 4) is 11.8 Å². The Balaban J connectivity index is 1.34. The Kier molecular flexibility index (Phi) is 8.69. The lowest BCUT2D eigenvalue weighted by molar-refractivity contribution is -0.133. The van der Waals surface area contributed by atoms with Gasteiger partial charge in [-0.3, -0.25) is 9.59 Å². The Morgan fingerprint density at radius 3 is 2.70 bits per heavy atom. The van der Waals surface area contributed by atoms with Crippen molar-refractivity contribution in [1.29, 1.82) is 0 Å². The number of carbonyl (C=O) groups excluding carboxylic acids is 2. The molecule has 210 valence electrons. The molecular weight excluding hydrogens is 530 g/mol. The molecule has 40 heavy (non-hydrogen) atoms. The topological polar surface area (TPSA) is 135 Å². The molecular formula is C30H34ClN5O4. The van der Waals surface area contributed by atoms with E-state index < -0.39 is 24.2 Å². The van der Waals surface area contributed by atoms with E-state index in [1.54, 1.807) is 41.4 Å². The van der Waals surface area contributed by atoms with Gasteiger partial charge in [-0.1, -0.05) is 48.8 Å². The molecule has 2 fully saturated rings. The summed E-state index contributed by atoms with van der Waals surface area (Å²) < 4.78 is 1.83. The number of hydrogen-bond donors (Lipinski definition) is 3. The number of aromatic nitrogens is 3. The van der Waals surface area contributed by atoms with Crippen LogP contribution in [0.15, 0.2) is 42.9 Å². The van der Waals surface area contributed by atoms with Gasteiger partial charge in [0.15, 0.2) is 0 Å². The van der Waals surface area contributed by atoms with E-state index in [2.05, 4.69) is 21.8 Å². The number of aliphatic hydroxyl groups is 2. The van der Waals surface area contributed by atoms with E-state index in [1.165, 1.54) is 12.7 Å². The monoisotopic (exact) mass is 563 g/mol. The molecule has 0 saturated heterocycles. The third kappa shape index (κ3) is 6.15. The van der Waals surface area contributed by atoms with Crippen LogP contribution >= 0.6 is 11.6 Å². The minimum Gasteiger partial charge on any atom is -0.390 e. The largest absolute Gasteiger partial charge is 0.390 e. The maximum absolute atomic E-state index is 13.5. The van der Waals surface area contributed by atoms with Gasteiger partial charge in [-0.25, -0.2) is 9.97 Å². The highest BCUT2D eigenvalue weighted by Crippen LogP contribution is 2.38. The lowest BCUT2D eigenvalue weighted by Crippen LogP contribution is -2.40. The van der Waals surface area contributed by atoms with E-state index in [-0.39, 0.29) is 24.9 Å². The molecule has 2 saturated carbocycles. The molecule has 4 N–H and O–H groups in total. The van der Waals surface area contributed by atoms with Gasteiger partial charge in [0, 0.05) is 36.2 Å². The molecule has 4 atom stereocenters. The average molecular weight is 564 g/mol. The van der Waals surface area contributed by atoms with Crippen LogP contribution in [0.3, 0.4) is 0 Å². The molecule has 1 aromatic carbocycles. The number of amides is 2. The maximum Gasteiger partial charge on any atom is 0.248 e. The summed E-state index contributed by atoms with van der Waals surface area (Å²) in [4.78, 5) is 35.1. The van der Waals surface area contributed by atoms with Crippen LogP contribution in [-0.4, -0.2) is 66.8 Å².